The van der Waals surface area contributed by atoms with Crippen LogP contribution in [0.15, 0.2) is 12.1 Å². The summed E-state index contributed by atoms with van der Waals surface area (Å²) in [6, 6.07) is 3.60. The molecule has 2 rings (SSSR count). The van der Waals surface area contributed by atoms with Crippen LogP contribution in [0.5, 0.6) is 0 Å². The van der Waals surface area contributed by atoms with E-state index in [-0.39, 0.29) is 18.6 Å². The number of likely N-dealkylation sites (tertiary alicyclic amines) is 1. The van der Waals surface area contributed by atoms with Crippen molar-refractivity contribution < 1.29 is 15.0 Å². The summed E-state index contributed by atoms with van der Waals surface area (Å²) in [6.45, 7) is 3.04. The Hall–Kier alpha value is -1.35. The molecule has 1 fully saturated rings. The first-order valence-electron chi connectivity index (χ1n) is 6.78. The first-order valence-corrected chi connectivity index (χ1v) is 7.60. The molecule has 0 bridgehead atoms. The van der Waals surface area contributed by atoms with E-state index in [1.807, 2.05) is 17.9 Å². The maximum Gasteiger partial charge on any atom is 0.263 e. The van der Waals surface area contributed by atoms with E-state index in [1.165, 1.54) is 11.3 Å². The number of rotatable bonds is 2. The molecule has 2 heterocycles. The molecule has 1 unspecified atom stereocenters. The molecular weight excluding hydrogens is 274 g/mol. The third kappa shape index (κ3) is 3.60. The number of nitrogens with zero attached hydrogens (tertiary/aromatic N) is 1. The smallest absolute Gasteiger partial charge is 0.263 e. The lowest BCUT2D eigenvalue weighted by molar-refractivity contribution is 0.0525. The van der Waals surface area contributed by atoms with Crippen molar-refractivity contribution in [2.45, 2.75) is 25.9 Å². The van der Waals surface area contributed by atoms with Crippen LogP contribution < -0.4 is 0 Å². The predicted octanol–water partition coefficient (Wildman–Crippen LogP) is 1.32. The van der Waals surface area contributed by atoms with Crippen LogP contribution in [0.3, 0.4) is 0 Å². The first kappa shape index (κ1) is 15.0. The third-order valence-electron chi connectivity index (χ3n) is 3.62. The van der Waals surface area contributed by atoms with Crippen molar-refractivity contribution in [2.24, 2.45) is 5.92 Å². The van der Waals surface area contributed by atoms with Gasteiger partial charge in [0.2, 0.25) is 0 Å². The first-order chi connectivity index (χ1) is 9.61. The van der Waals surface area contributed by atoms with Crippen molar-refractivity contribution in [2.75, 3.05) is 19.7 Å². The van der Waals surface area contributed by atoms with E-state index in [1.54, 1.807) is 6.07 Å². The molecule has 1 aromatic rings. The molecule has 1 saturated heterocycles. The molecule has 0 aromatic carbocycles. The van der Waals surface area contributed by atoms with E-state index in [2.05, 4.69) is 11.8 Å². The Balaban J connectivity index is 1.97. The number of carbonyl (C=O) groups is 1. The van der Waals surface area contributed by atoms with Crippen molar-refractivity contribution in [3.63, 3.8) is 0 Å². The Morgan fingerprint density at radius 1 is 1.50 bits per heavy atom. The molecule has 1 aliphatic rings. The minimum atomic E-state index is -0.297. The number of aliphatic hydroxyl groups excluding tert-OH is 2. The molecule has 4 nitrogen and oxygen atoms in total. The van der Waals surface area contributed by atoms with E-state index in [0.29, 0.717) is 23.9 Å². The highest BCUT2D eigenvalue weighted by atomic mass is 32.1. The number of hydrogen-bond donors (Lipinski definition) is 2. The lowest BCUT2D eigenvalue weighted by Crippen LogP contribution is -2.40. The minimum absolute atomic E-state index is 0.0380. The standard InChI is InChI=1S/C15H19NO3S/c1-11(18)12-6-8-16(9-7-12)15(19)14-5-4-13(20-14)3-2-10-17/h4-5,11-12,17-18H,6-10H2,1H3. The van der Waals surface area contributed by atoms with Crippen LogP contribution >= 0.6 is 11.3 Å². The van der Waals surface area contributed by atoms with Gasteiger partial charge in [-0.3, -0.25) is 4.79 Å². The fourth-order valence-electron chi connectivity index (χ4n) is 2.39. The topological polar surface area (TPSA) is 60.8 Å². The predicted molar refractivity (Wildman–Crippen MR) is 78.6 cm³/mol. The molecule has 2 N–H and O–H groups in total. The molecule has 108 valence electrons. The summed E-state index contributed by atoms with van der Waals surface area (Å²) in [4.78, 5) is 15.7. The molecule has 1 aromatic heterocycles. The largest absolute Gasteiger partial charge is 0.393 e. The summed E-state index contributed by atoms with van der Waals surface area (Å²) >= 11 is 1.36. The average Bonchev–Trinajstić information content (AvgIpc) is 2.93. The molecule has 0 saturated carbocycles. The number of amides is 1. The quantitative estimate of drug-likeness (QED) is 0.809. The molecule has 0 spiro atoms. The zero-order chi connectivity index (χ0) is 14.5. The Morgan fingerprint density at radius 2 is 2.20 bits per heavy atom. The Labute approximate surface area is 123 Å². The molecule has 1 amide bonds. The second kappa shape index (κ2) is 6.89. The fourth-order valence-corrected chi connectivity index (χ4v) is 3.24. The van der Waals surface area contributed by atoms with Crippen LogP contribution in [0.2, 0.25) is 0 Å². The van der Waals surface area contributed by atoms with Crippen LogP contribution in [-0.4, -0.2) is 46.8 Å². The highest BCUT2D eigenvalue weighted by Gasteiger charge is 2.26. The van der Waals surface area contributed by atoms with Gasteiger partial charge in [-0.05, 0) is 37.8 Å². The van der Waals surface area contributed by atoms with E-state index < -0.39 is 0 Å². The van der Waals surface area contributed by atoms with Gasteiger partial charge >= 0.3 is 0 Å². The molecule has 0 aliphatic carbocycles. The Kier molecular flexibility index (Phi) is 5.18. The van der Waals surface area contributed by atoms with Crippen molar-refractivity contribution in [3.8, 4) is 11.8 Å². The van der Waals surface area contributed by atoms with Gasteiger partial charge in [0.05, 0.1) is 15.9 Å². The second-order valence-corrected chi connectivity index (χ2v) is 6.08. The highest BCUT2D eigenvalue weighted by molar-refractivity contribution is 7.14. The van der Waals surface area contributed by atoms with Crippen LogP contribution in [0, 0.1) is 17.8 Å². The van der Waals surface area contributed by atoms with Gasteiger partial charge in [-0.25, -0.2) is 0 Å². The maximum atomic E-state index is 12.3. The molecule has 5 heteroatoms. The van der Waals surface area contributed by atoms with Crippen molar-refractivity contribution in [1.29, 1.82) is 0 Å². The number of piperidine rings is 1. The van der Waals surface area contributed by atoms with Gasteiger partial charge in [0, 0.05) is 13.1 Å². The van der Waals surface area contributed by atoms with Gasteiger partial charge in [-0.15, -0.1) is 11.3 Å². The van der Waals surface area contributed by atoms with Crippen LogP contribution in [0.4, 0.5) is 0 Å². The second-order valence-electron chi connectivity index (χ2n) is 4.99. The number of carbonyl (C=O) groups excluding carboxylic acids is 1. The summed E-state index contributed by atoms with van der Waals surface area (Å²) < 4.78 is 0. The molecule has 1 atom stereocenters. The van der Waals surface area contributed by atoms with Crippen LogP contribution in [0.25, 0.3) is 0 Å². The van der Waals surface area contributed by atoms with Crippen molar-refractivity contribution in [1.82, 2.24) is 4.90 Å². The van der Waals surface area contributed by atoms with E-state index in [9.17, 15) is 9.90 Å². The van der Waals surface area contributed by atoms with Gasteiger partial charge < -0.3 is 15.1 Å². The van der Waals surface area contributed by atoms with Crippen molar-refractivity contribution >= 4 is 17.2 Å². The number of hydrogen-bond acceptors (Lipinski definition) is 4. The minimum Gasteiger partial charge on any atom is -0.393 e. The normalized spacial score (nSPS) is 17.4. The van der Waals surface area contributed by atoms with Crippen molar-refractivity contribution in [3.05, 3.63) is 21.9 Å². The van der Waals surface area contributed by atoms with E-state index >= 15 is 0 Å². The monoisotopic (exact) mass is 293 g/mol. The van der Waals surface area contributed by atoms with Gasteiger partial charge in [0.1, 0.15) is 6.61 Å². The molecular formula is C15H19NO3S. The zero-order valence-electron chi connectivity index (χ0n) is 11.5. The maximum absolute atomic E-state index is 12.3. The van der Waals surface area contributed by atoms with Gasteiger partial charge in [-0.2, -0.15) is 0 Å². The molecule has 1 aliphatic heterocycles. The van der Waals surface area contributed by atoms with E-state index in [4.69, 9.17) is 5.11 Å². The lowest BCUT2D eigenvalue weighted by atomic mass is 9.92. The van der Waals surface area contributed by atoms with Crippen LogP contribution in [-0.2, 0) is 0 Å². The van der Waals surface area contributed by atoms with Gasteiger partial charge in [-0.1, -0.05) is 11.8 Å². The Morgan fingerprint density at radius 3 is 2.80 bits per heavy atom. The fraction of sp³-hybridized carbons (Fsp3) is 0.533. The SMILES string of the molecule is CC(O)C1CCN(C(=O)c2ccc(C#CCO)s2)CC1. The number of thiophene rings is 1. The Bertz CT molecular complexity index is 519. The van der Waals surface area contributed by atoms with Crippen LogP contribution in [0.1, 0.15) is 34.3 Å². The molecule has 20 heavy (non-hydrogen) atoms. The van der Waals surface area contributed by atoms with E-state index in [0.717, 1.165) is 17.7 Å². The third-order valence-corrected chi connectivity index (χ3v) is 4.61. The summed E-state index contributed by atoms with van der Waals surface area (Å²) in [5.74, 6) is 5.72. The average molecular weight is 293 g/mol. The van der Waals surface area contributed by atoms with Gasteiger partial charge in [0.25, 0.3) is 5.91 Å². The zero-order valence-corrected chi connectivity index (χ0v) is 12.3. The summed E-state index contributed by atoms with van der Waals surface area (Å²) in [5, 5.41) is 18.2. The number of aliphatic hydroxyl groups is 2. The molecule has 0 radical (unpaired) electrons. The summed E-state index contributed by atoms with van der Waals surface area (Å²) in [6.07, 6.45) is 1.41. The lowest BCUT2D eigenvalue weighted by Gasteiger charge is -2.33. The summed E-state index contributed by atoms with van der Waals surface area (Å²) in [7, 11) is 0. The van der Waals surface area contributed by atoms with Gasteiger partial charge in [0.15, 0.2) is 0 Å². The summed E-state index contributed by atoms with van der Waals surface area (Å²) in [5.41, 5.74) is 0. The highest BCUT2D eigenvalue weighted by Crippen LogP contribution is 2.24.